The van der Waals surface area contributed by atoms with E-state index in [0.717, 1.165) is 12.2 Å². The van der Waals surface area contributed by atoms with Crippen molar-refractivity contribution < 1.29 is 5.11 Å². The van der Waals surface area contributed by atoms with E-state index in [9.17, 15) is 5.11 Å². The van der Waals surface area contributed by atoms with Crippen LogP contribution >= 0.6 is 0 Å². The Hall–Kier alpha value is -1.09. The van der Waals surface area contributed by atoms with Gasteiger partial charge in [0.25, 0.3) is 0 Å². The molecule has 1 fully saturated rings. The van der Waals surface area contributed by atoms with Crippen molar-refractivity contribution in [1.29, 1.82) is 0 Å². The summed E-state index contributed by atoms with van der Waals surface area (Å²) in [6, 6.07) is 4.75. The lowest BCUT2D eigenvalue weighted by Crippen LogP contribution is -2.36. The van der Waals surface area contributed by atoms with E-state index < -0.39 is 6.10 Å². The minimum atomic E-state index is -0.432. The number of aromatic nitrogens is 1. The van der Waals surface area contributed by atoms with Crippen LogP contribution in [-0.4, -0.2) is 22.7 Å². The van der Waals surface area contributed by atoms with Crippen LogP contribution < -0.4 is 4.90 Å². The number of aliphatic hydroxyl groups excluding tert-OH is 1. The smallest absolute Gasteiger partial charge is 0.0957 e. The molecule has 3 heteroatoms. The fourth-order valence-corrected chi connectivity index (χ4v) is 3.02. The van der Waals surface area contributed by atoms with Gasteiger partial charge in [0, 0.05) is 12.6 Å². The van der Waals surface area contributed by atoms with Crippen molar-refractivity contribution in [3.8, 4) is 0 Å². The van der Waals surface area contributed by atoms with Gasteiger partial charge < -0.3 is 10.0 Å². The molecule has 1 saturated carbocycles. The average molecular weight is 262 g/mol. The number of hydrogen-bond donors (Lipinski definition) is 1. The maximum atomic E-state index is 9.79. The van der Waals surface area contributed by atoms with E-state index in [1.54, 1.807) is 0 Å². The fraction of sp³-hybridized carbons (Fsp3) is 0.688. The molecule has 2 rings (SSSR count). The fourth-order valence-electron chi connectivity index (χ4n) is 3.02. The highest BCUT2D eigenvalue weighted by Crippen LogP contribution is 2.27. The molecule has 0 aliphatic heterocycles. The third-order valence-corrected chi connectivity index (χ3v) is 4.19. The maximum absolute atomic E-state index is 9.79. The van der Waals surface area contributed by atoms with E-state index in [1.165, 1.54) is 37.8 Å². The molecular weight excluding hydrogens is 236 g/mol. The molecule has 0 saturated heterocycles. The first-order valence-electron chi connectivity index (χ1n) is 7.67. The van der Waals surface area contributed by atoms with Crippen molar-refractivity contribution in [3.05, 3.63) is 24.0 Å². The molecular formula is C16H26N2O. The van der Waals surface area contributed by atoms with Crippen LogP contribution in [0.4, 0.5) is 5.69 Å². The summed E-state index contributed by atoms with van der Waals surface area (Å²) in [7, 11) is 0. The van der Waals surface area contributed by atoms with Crippen LogP contribution in [0.1, 0.15) is 64.2 Å². The third-order valence-electron chi connectivity index (χ3n) is 4.19. The number of pyridine rings is 1. The highest BCUT2D eigenvalue weighted by atomic mass is 16.3. The Labute approximate surface area is 116 Å². The molecule has 1 aliphatic carbocycles. The van der Waals surface area contributed by atoms with Gasteiger partial charge in [-0.25, -0.2) is 0 Å². The number of nitrogens with zero attached hydrogens (tertiary/aromatic N) is 2. The summed E-state index contributed by atoms with van der Waals surface area (Å²) in [4.78, 5) is 6.89. The molecule has 0 spiro atoms. The Morgan fingerprint density at radius 3 is 2.53 bits per heavy atom. The number of rotatable bonds is 5. The van der Waals surface area contributed by atoms with Gasteiger partial charge >= 0.3 is 0 Å². The molecule has 1 aromatic rings. The molecule has 1 atom stereocenters. The van der Waals surface area contributed by atoms with E-state index in [0.29, 0.717) is 12.5 Å². The van der Waals surface area contributed by atoms with Crippen LogP contribution in [0.2, 0.25) is 0 Å². The SMILES string of the molecule is CCC(O)c1ccc(N(CC)C2CCCCC2)cn1. The lowest BCUT2D eigenvalue weighted by molar-refractivity contribution is 0.169. The molecule has 19 heavy (non-hydrogen) atoms. The van der Waals surface area contributed by atoms with Crippen molar-refractivity contribution >= 4 is 5.69 Å². The van der Waals surface area contributed by atoms with Gasteiger partial charge in [0.1, 0.15) is 0 Å². The van der Waals surface area contributed by atoms with Gasteiger partial charge in [-0.05, 0) is 38.3 Å². The van der Waals surface area contributed by atoms with E-state index in [2.05, 4.69) is 22.9 Å². The van der Waals surface area contributed by atoms with Crippen molar-refractivity contribution in [3.63, 3.8) is 0 Å². The second-order valence-corrected chi connectivity index (χ2v) is 5.44. The van der Waals surface area contributed by atoms with E-state index in [4.69, 9.17) is 0 Å². The summed E-state index contributed by atoms with van der Waals surface area (Å²) >= 11 is 0. The van der Waals surface area contributed by atoms with Crippen molar-refractivity contribution in [1.82, 2.24) is 4.98 Å². The third kappa shape index (κ3) is 3.47. The quantitative estimate of drug-likeness (QED) is 0.879. The van der Waals surface area contributed by atoms with Crippen molar-refractivity contribution in [2.75, 3.05) is 11.4 Å². The maximum Gasteiger partial charge on any atom is 0.0957 e. The second-order valence-electron chi connectivity index (χ2n) is 5.44. The molecule has 1 N–H and O–H groups in total. The zero-order valence-electron chi connectivity index (χ0n) is 12.2. The van der Waals surface area contributed by atoms with E-state index >= 15 is 0 Å². The van der Waals surface area contributed by atoms with Crippen LogP contribution in [0.5, 0.6) is 0 Å². The molecule has 1 heterocycles. The minimum absolute atomic E-state index is 0.432. The summed E-state index contributed by atoms with van der Waals surface area (Å²) < 4.78 is 0. The summed E-state index contributed by atoms with van der Waals surface area (Å²) in [5, 5.41) is 9.79. The average Bonchev–Trinajstić information content (AvgIpc) is 2.49. The van der Waals surface area contributed by atoms with E-state index in [1.807, 2.05) is 19.2 Å². The Morgan fingerprint density at radius 1 is 1.26 bits per heavy atom. The molecule has 0 aromatic carbocycles. The first-order chi connectivity index (χ1) is 9.26. The zero-order valence-corrected chi connectivity index (χ0v) is 12.2. The summed E-state index contributed by atoms with van der Waals surface area (Å²) in [5.41, 5.74) is 1.98. The number of hydrogen-bond acceptors (Lipinski definition) is 3. The second kappa shape index (κ2) is 6.90. The van der Waals surface area contributed by atoms with Gasteiger partial charge in [0.05, 0.1) is 23.7 Å². The summed E-state index contributed by atoms with van der Waals surface area (Å²) in [6.45, 7) is 5.21. The standard InChI is InChI=1S/C16H26N2O/c1-3-16(19)15-11-10-14(12-17-15)18(4-2)13-8-6-5-7-9-13/h10-13,16,19H,3-9H2,1-2H3. The van der Waals surface area contributed by atoms with Gasteiger partial charge in [0.15, 0.2) is 0 Å². The van der Waals surface area contributed by atoms with Crippen LogP contribution in [-0.2, 0) is 0 Å². The minimum Gasteiger partial charge on any atom is -0.387 e. The number of anilines is 1. The monoisotopic (exact) mass is 262 g/mol. The van der Waals surface area contributed by atoms with Gasteiger partial charge in [-0.1, -0.05) is 26.2 Å². The molecule has 0 amide bonds. The summed E-state index contributed by atoms with van der Waals surface area (Å²) in [6.07, 6.45) is 8.88. The Bertz CT molecular complexity index is 371. The number of aliphatic hydroxyl groups is 1. The predicted octanol–water partition coefficient (Wildman–Crippen LogP) is 3.68. The van der Waals surface area contributed by atoms with Gasteiger partial charge in [-0.15, -0.1) is 0 Å². The predicted molar refractivity (Wildman–Crippen MR) is 79.4 cm³/mol. The molecule has 106 valence electrons. The van der Waals surface area contributed by atoms with Crippen molar-refractivity contribution in [2.24, 2.45) is 0 Å². The molecule has 0 radical (unpaired) electrons. The van der Waals surface area contributed by atoms with Crippen molar-refractivity contribution in [2.45, 2.75) is 64.5 Å². The highest BCUT2D eigenvalue weighted by molar-refractivity contribution is 5.45. The van der Waals surface area contributed by atoms with Gasteiger partial charge in [0.2, 0.25) is 0 Å². The van der Waals surface area contributed by atoms with Crippen LogP contribution in [0.15, 0.2) is 18.3 Å². The highest BCUT2D eigenvalue weighted by Gasteiger charge is 2.20. The van der Waals surface area contributed by atoms with Gasteiger partial charge in [-0.3, -0.25) is 4.98 Å². The lowest BCUT2D eigenvalue weighted by Gasteiger charge is -2.35. The van der Waals surface area contributed by atoms with Gasteiger partial charge in [-0.2, -0.15) is 0 Å². The molecule has 0 bridgehead atoms. The van der Waals surface area contributed by atoms with Crippen LogP contribution in [0.3, 0.4) is 0 Å². The Kier molecular flexibility index (Phi) is 5.20. The molecule has 1 aliphatic rings. The normalized spacial score (nSPS) is 18.3. The first kappa shape index (κ1) is 14.3. The topological polar surface area (TPSA) is 36.4 Å². The molecule has 1 unspecified atom stereocenters. The zero-order chi connectivity index (χ0) is 13.7. The summed E-state index contributed by atoms with van der Waals surface area (Å²) in [5.74, 6) is 0. The van der Waals surface area contributed by atoms with Crippen LogP contribution in [0.25, 0.3) is 0 Å². The Balaban J connectivity index is 2.09. The first-order valence-corrected chi connectivity index (χ1v) is 7.67. The Morgan fingerprint density at radius 2 is 2.00 bits per heavy atom. The van der Waals surface area contributed by atoms with E-state index in [-0.39, 0.29) is 0 Å². The molecule has 1 aromatic heterocycles. The lowest BCUT2D eigenvalue weighted by atomic mass is 9.94. The molecule has 3 nitrogen and oxygen atoms in total. The largest absolute Gasteiger partial charge is 0.387 e. The van der Waals surface area contributed by atoms with Crippen LogP contribution in [0, 0.1) is 0 Å².